The van der Waals surface area contributed by atoms with Gasteiger partial charge in [-0.2, -0.15) is 12.5 Å². The van der Waals surface area contributed by atoms with Crippen molar-refractivity contribution in [2.45, 2.75) is 26.2 Å². The standard InChI is InChI=1S/C5H5.C4H9.3ClH.Zr/c1-2-4-5-3-1;1-3-4-2;;;;/h1-3H,4H2;1,3-4H2,2H3;3*1H;/q2*-1;;;;+3/p-3. The molecule has 4 heteroatoms. The fourth-order valence-corrected chi connectivity index (χ4v) is 0.340. The molecule has 0 bridgehead atoms. The zero-order valence-electron chi connectivity index (χ0n) is 7.69. The second kappa shape index (κ2) is 29.2. The normalized spacial score (nSPS) is 9.08. The molecule has 0 atom stereocenters. The van der Waals surface area contributed by atoms with Gasteiger partial charge in [-0.1, -0.05) is 13.3 Å². The van der Waals surface area contributed by atoms with Crippen LogP contribution in [-0.2, 0) is 26.2 Å². The van der Waals surface area contributed by atoms with Crippen molar-refractivity contribution in [3.8, 4) is 0 Å². The molecule has 77 valence electrons. The summed E-state index contributed by atoms with van der Waals surface area (Å²) in [5, 5.41) is 0. The zero-order chi connectivity index (χ0) is 6.95. The molecule has 0 fully saturated rings. The number of unbranched alkanes of at least 4 members (excludes halogenated alkanes) is 1. The monoisotopic (exact) mass is 317 g/mol. The Bertz CT molecular complexity index is 91.0. The third-order valence-electron chi connectivity index (χ3n) is 0.939. The third kappa shape index (κ3) is 31.9. The van der Waals surface area contributed by atoms with E-state index in [1.54, 1.807) is 0 Å². The summed E-state index contributed by atoms with van der Waals surface area (Å²) in [4.78, 5) is 0. The van der Waals surface area contributed by atoms with Gasteiger partial charge in [0.25, 0.3) is 0 Å². The van der Waals surface area contributed by atoms with Crippen molar-refractivity contribution < 1.29 is 63.4 Å². The summed E-state index contributed by atoms with van der Waals surface area (Å²) < 4.78 is 0. The van der Waals surface area contributed by atoms with Crippen molar-refractivity contribution in [2.24, 2.45) is 0 Å². The Morgan fingerprint density at radius 1 is 1.31 bits per heavy atom. The molecule has 0 nitrogen and oxygen atoms in total. The topological polar surface area (TPSA) is 0 Å². The van der Waals surface area contributed by atoms with Gasteiger partial charge in [-0.05, 0) is 0 Å². The Morgan fingerprint density at radius 2 is 1.77 bits per heavy atom. The molecule has 1 aliphatic carbocycles. The van der Waals surface area contributed by atoms with Crippen LogP contribution in [0.25, 0.3) is 0 Å². The molecule has 1 rings (SSSR count). The molecule has 0 saturated heterocycles. The summed E-state index contributed by atoms with van der Waals surface area (Å²) in [6, 6.07) is 0. The first-order valence-corrected chi connectivity index (χ1v) is 3.42. The van der Waals surface area contributed by atoms with E-state index in [0.717, 1.165) is 12.8 Å². The van der Waals surface area contributed by atoms with Crippen LogP contribution in [0, 0.1) is 13.0 Å². The van der Waals surface area contributed by atoms with Crippen LogP contribution in [0.15, 0.2) is 18.2 Å². The van der Waals surface area contributed by atoms with Crippen molar-refractivity contribution >= 4 is 0 Å². The zero-order valence-corrected chi connectivity index (χ0v) is 12.4. The van der Waals surface area contributed by atoms with Crippen molar-refractivity contribution in [3.63, 3.8) is 0 Å². The molecule has 13 heavy (non-hydrogen) atoms. The van der Waals surface area contributed by atoms with E-state index in [2.05, 4.69) is 26.0 Å². The Morgan fingerprint density at radius 3 is 1.85 bits per heavy atom. The van der Waals surface area contributed by atoms with Crippen LogP contribution >= 0.6 is 0 Å². The molecule has 1 radical (unpaired) electrons. The van der Waals surface area contributed by atoms with Crippen LogP contribution in [0.1, 0.15) is 26.2 Å². The van der Waals surface area contributed by atoms with Crippen LogP contribution in [0.2, 0.25) is 0 Å². The smallest absolute Gasteiger partial charge is 1.00 e. The number of hydrogen-bond acceptors (Lipinski definition) is 0. The molecule has 0 aromatic rings. The molecule has 0 aliphatic heterocycles. The van der Waals surface area contributed by atoms with Gasteiger partial charge in [-0.3, -0.25) is 6.08 Å². The van der Waals surface area contributed by atoms with Gasteiger partial charge < -0.3 is 44.1 Å². The third-order valence-corrected chi connectivity index (χ3v) is 0.939. The van der Waals surface area contributed by atoms with Crippen LogP contribution in [-0.4, -0.2) is 0 Å². The van der Waals surface area contributed by atoms with Crippen molar-refractivity contribution in [3.05, 3.63) is 31.2 Å². The van der Waals surface area contributed by atoms with Crippen molar-refractivity contribution in [2.75, 3.05) is 0 Å². The van der Waals surface area contributed by atoms with Gasteiger partial charge in [0.15, 0.2) is 0 Å². The molecule has 0 aromatic carbocycles. The Labute approximate surface area is 120 Å². The average Bonchev–Trinajstić information content (AvgIpc) is 2.43. The van der Waals surface area contributed by atoms with Gasteiger partial charge in [-0.15, -0.1) is 6.42 Å². The van der Waals surface area contributed by atoms with E-state index in [0.29, 0.717) is 0 Å². The number of hydrogen-bond donors (Lipinski definition) is 0. The van der Waals surface area contributed by atoms with Crippen LogP contribution in [0.3, 0.4) is 0 Å². The molecule has 0 spiro atoms. The first kappa shape index (κ1) is 29.2. The Kier molecular flexibility index (Phi) is 65.7. The Hall–Kier alpha value is 1.23. The summed E-state index contributed by atoms with van der Waals surface area (Å²) in [6.45, 7) is 5.72. The molecular weight excluding hydrogens is 306 g/mol. The fourth-order valence-electron chi connectivity index (χ4n) is 0.340. The van der Waals surface area contributed by atoms with Crippen LogP contribution in [0.4, 0.5) is 0 Å². The predicted molar refractivity (Wildman–Crippen MR) is 41.8 cm³/mol. The largest absolute Gasteiger partial charge is 3.00 e. The van der Waals surface area contributed by atoms with E-state index < -0.39 is 0 Å². The minimum absolute atomic E-state index is 0. The molecule has 0 unspecified atom stereocenters. The molecule has 0 aromatic heterocycles. The van der Waals surface area contributed by atoms with Crippen LogP contribution < -0.4 is 37.2 Å². The van der Waals surface area contributed by atoms with E-state index in [1.807, 2.05) is 12.2 Å². The van der Waals surface area contributed by atoms with Gasteiger partial charge in [0.05, 0.1) is 0 Å². The first-order chi connectivity index (χ1) is 4.41. The molecule has 1 aliphatic rings. The van der Waals surface area contributed by atoms with Crippen molar-refractivity contribution in [1.29, 1.82) is 0 Å². The number of halogens is 3. The minimum Gasteiger partial charge on any atom is -1.00 e. The second-order valence-electron chi connectivity index (χ2n) is 1.86. The number of rotatable bonds is 1. The second-order valence-corrected chi connectivity index (χ2v) is 1.86. The summed E-state index contributed by atoms with van der Waals surface area (Å²) in [6.07, 6.45) is 12.3. The van der Waals surface area contributed by atoms with Gasteiger partial charge in [0.2, 0.25) is 0 Å². The average molecular weight is 320 g/mol. The maximum atomic E-state index is 3.60. The van der Waals surface area contributed by atoms with E-state index in [1.165, 1.54) is 6.42 Å². The summed E-state index contributed by atoms with van der Waals surface area (Å²) >= 11 is 0. The maximum absolute atomic E-state index is 3.60. The van der Waals surface area contributed by atoms with Gasteiger partial charge >= 0.3 is 26.2 Å². The molecule has 0 heterocycles. The molecule has 0 saturated carbocycles. The fraction of sp³-hybridized carbons (Fsp3) is 0.444. The SMILES string of the molecule is [C-]1=CC=CC1.[CH2-]CCC.[Cl-].[Cl-].[Cl-].[Zr+3]. The maximum Gasteiger partial charge on any atom is 3.00 e. The number of allylic oxidation sites excluding steroid dienone is 4. The summed E-state index contributed by atoms with van der Waals surface area (Å²) in [5.41, 5.74) is 0. The van der Waals surface area contributed by atoms with Gasteiger partial charge in [0, 0.05) is 0 Å². The van der Waals surface area contributed by atoms with E-state index in [4.69, 9.17) is 0 Å². The Balaban J connectivity index is -0.0000000256. The van der Waals surface area contributed by atoms with Crippen molar-refractivity contribution in [1.82, 2.24) is 0 Å². The van der Waals surface area contributed by atoms with Gasteiger partial charge in [0.1, 0.15) is 0 Å². The van der Waals surface area contributed by atoms with Crippen LogP contribution in [0.5, 0.6) is 0 Å². The molecule has 0 N–H and O–H groups in total. The summed E-state index contributed by atoms with van der Waals surface area (Å²) in [5.74, 6) is 0. The summed E-state index contributed by atoms with van der Waals surface area (Å²) in [7, 11) is 0. The van der Waals surface area contributed by atoms with E-state index in [9.17, 15) is 0 Å². The molecular formula is C9H14Cl3Zr-2. The minimum atomic E-state index is 0. The first-order valence-electron chi connectivity index (χ1n) is 3.42. The molecule has 0 amide bonds. The quantitative estimate of drug-likeness (QED) is 0.422. The predicted octanol–water partition coefficient (Wildman–Crippen LogP) is -6.06. The van der Waals surface area contributed by atoms with E-state index in [-0.39, 0.29) is 63.4 Å². The van der Waals surface area contributed by atoms with Gasteiger partial charge in [-0.25, -0.2) is 12.2 Å². The van der Waals surface area contributed by atoms with E-state index >= 15 is 0 Å².